The summed E-state index contributed by atoms with van der Waals surface area (Å²) in [5.74, 6) is 0.116. The van der Waals surface area contributed by atoms with Gasteiger partial charge >= 0.3 is 6.16 Å². The molecule has 10 heteroatoms. The number of nitrogens with one attached hydrogen (secondary N) is 2. The van der Waals surface area contributed by atoms with Crippen molar-refractivity contribution >= 4 is 29.6 Å². The van der Waals surface area contributed by atoms with Crippen LogP contribution in [0.2, 0.25) is 0 Å². The number of thioether (sulfide) groups is 1. The van der Waals surface area contributed by atoms with E-state index in [0.717, 1.165) is 19.3 Å². The number of nitrogens with zero attached hydrogens (tertiary/aromatic N) is 1. The van der Waals surface area contributed by atoms with E-state index in [1.54, 1.807) is 0 Å². The molecular weight excluding hydrogens is 356 g/mol. The van der Waals surface area contributed by atoms with E-state index in [2.05, 4.69) is 15.6 Å². The van der Waals surface area contributed by atoms with Gasteiger partial charge in [0.1, 0.15) is 17.8 Å². The molecule has 1 aromatic heterocycles. The molecular formula is C15H19F2N3O4S. The molecule has 1 aliphatic carbocycles. The number of amides is 1. The van der Waals surface area contributed by atoms with Crippen molar-refractivity contribution in [1.82, 2.24) is 10.3 Å². The van der Waals surface area contributed by atoms with Gasteiger partial charge in [0, 0.05) is 12.6 Å². The highest BCUT2D eigenvalue weighted by Gasteiger charge is 2.25. The number of halogens is 2. The summed E-state index contributed by atoms with van der Waals surface area (Å²) in [5, 5.41) is 19.6. The molecule has 1 fully saturated rings. The number of pyridine rings is 1. The van der Waals surface area contributed by atoms with Crippen LogP contribution in [-0.2, 0) is 11.3 Å². The molecule has 0 radical (unpaired) electrons. The van der Waals surface area contributed by atoms with E-state index < -0.39 is 18.1 Å². The molecule has 2 aliphatic rings. The number of anilines is 1. The van der Waals surface area contributed by atoms with E-state index >= 15 is 0 Å². The Morgan fingerprint density at radius 1 is 1.40 bits per heavy atom. The van der Waals surface area contributed by atoms with Crippen molar-refractivity contribution in [2.75, 3.05) is 11.1 Å². The highest BCUT2D eigenvalue weighted by Crippen LogP contribution is 2.31. The van der Waals surface area contributed by atoms with E-state index in [1.165, 1.54) is 17.8 Å². The van der Waals surface area contributed by atoms with Gasteiger partial charge in [-0.3, -0.25) is 4.79 Å². The Labute approximate surface area is 147 Å². The summed E-state index contributed by atoms with van der Waals surface area (Å²) in [4.78, 5) is 24.7. The zero-order valence-electron chi connectivity index (χ0n) is 13.3. The van der Waals surface area contributed by atoms with Gasteiger partial charge in [0.05, 0.1) is 16.3 Å². The molecule has 4 N–H and O–H groups in total. The zero-order valence-corrected chi connectivity index (χ0v) is 14.1. The third-order valence-electron chi connectivity index (χ3n) is 3.84. The molecule has 138 valence electrons. The molecule has 2 heterocycles. The Hall–Kier alpha value is -1.94. The lowest BCUT2D eigenvalue weighted by Crippen LogP contribution is -2.39. The van der Waals surface area contributed by atoms with E-state index in [9.17, 15) is 13.6 Å². The van der Waals surface area contributed by atoms with Crippen LogP contribution < -0.4 is 10.6 Å². The highest BCUT2D eigenvalue weighted by molar-refractivity contribution is 8.00. The minimum absolute atomic E-state index is 0.137. The molecule has 1 saturated carbocycles. The van der Waals surface area contributed by atoms with Gasteiger partial charge in [-0.15, -0.1) is 11.8 Å². The molecule has 0 spiro atoms. The number of fused-ring (bicyclic) bond motifs is 1. The van der Waals surface area contributed by atoms with Crippen molar-refractivity contribution in [1.29, 1.82) is 0 Å². The first-order chi connectivity index (χ1) is 11.9. The van der Waals surface area contributed by atoms with Crippen molar-refractivity contribution in [3.63, 3.8) is 0 Å². The average Bonchev–Trinajstić information content (AvgIpc) is 2.54. The van der Waals surface area contributed by atoms with E-state index in [0.29, 0.717) is 17.1 Å². The standard InChI is InChI=1S/C14H17F2N3OS.CH2O3/c15-8-3-1-2-4-10(8)17-6-11-9(16)5-12-14(18-11)19-13(20)7-21-12;2-1(3)4/h5,8,10,17H,1-4,6-7H2,(H,18,19,20);(H2,2,3,4)/t8-,10+;/m0./s1. The monoisotopic (exact) mass is 375 g/mol. The minimum Gasteiger partial charge on any atom is -0.450 e. The number of aromatic nitrogens is 1. The summed E-state index contributed by atoms with van der Waals surface area (Å²) in [6, 6.07) is 1.15. The van der Waals surface area contributed by atoms with Crippen LogP contribution in [0.4, 0.5) is 19.4 Å². The predicted molar refractivity (Wildman–Crippen MR) is 88.2 cm³/mol. The normalized spacial score (nSPS) is 22.2. The van der Waals surface area contributed by atoms with Crippen molar-refractivity contribution in [2.24, 2.45) is 0 Å². The second-order valence-corrected chi connectivity index (χ2v) is 6.69. The number of hydrogen-bond donors (Lipinski definition) is 4. The van der Waals surface area contributed by atoms with Crippen LogP contribution in [0.25, 0.3) is 0 Å². The molecule has 3 rings (SSSR count). The lowest BCUT2D eigenvalue weighted by molar-refractivity contribution is -0.113. The van der Waals surface area contributed by atoms with Crippen molar-refractivity contribution < 1.29 is 28.6 Å². The molecule has 0 bridgehead atoms. The fraction of sp³-hybridized carbons (Fsp3) is 0.533. The predicted octanol–water partition coefficient (Wildman–Crippen LogP) is 2.86. The first kappa shape index (κ1) is 19.4. The van der Waals surface area contributed by atoms with Crippen LogP contribution in [-0.4, -0.2) is 45.2 Å². The van der Waals surface area contributed by atoms with Crippen LogP contribution in [0.1, 0.15) is 31.4 Å². The Kier molecular flexibility index (Phi) is 6.94. The van der Waals surface area contributed by atoms with Gasteiger partial charge in [-0.05, 0) is 18.9 Å². The molecule has 0 unspecified atom stereocenters. The van der Waals surface area contributed by atoms with Crippen LogP contribution in [0.15, 0.2) is 11.0 Å². The van der Waals surface area contributed by atoms with Gasteiger partial charge < -0.3 is 20.8 Å². The van der Waals surface area contributed by atoms with Crippen LogP contribution in [0.3, 0.4) is 0 Å². The summed E-state index contributed by atoms with van der Waals surface area (Å²) in [6.45, 7) is 0.171. The van der Waals surface area contributed by atoms with Crippen LogP contribution >= 0.6 is 11.8 Å². The lowest BCUT2D eigenvalue weighted by atomic mass is 9.93. The molecule has 1 aromatic rings. The van der Waals surface area contributed by atoms with Gasteiger partial charge in [0.2, 0.25) is 5.91 Å². The summed E-state index contributed by atoms with van der Waals surface area (Å²) in [7, 11) is 0. The van der Waals surface area contributed by atoms with Crippen LogP contribution in [0, 0.1) is 5.82 Å². The zero-order chi connectivity index (χ0) is 18.4. The highest BCUT2D eigenvalue weighted by atomic mass is 32.2. The van der Waals surface area contributed by atoms with Crippen molar-refractivity contribution in [3.8, 4) is 0 Å². The summed E-state index contributed by atoms with van der Waals surface area (Å²) in [6.07, 6.45) is 0.513. The van der Waals surface area contributed by atoms with Crippen molar-refractivity contribution in [2.45, 2.75) is 49.3 Å². The molecule has 0 aromatic carbocycles. The quantitative estimate of drug-likeness (QED) is 0.643. The third-order valence-corrected chi connectivity index (χ3v) is 4.87. The van der Waals surface area contributed by atoms with E-state index in [-0.39, 0.29) is 29.9 Å². The summed E-state index contributed by atoms with van der Waals surface area (Å²) >= 11 is 1.27. The third kappa shape index (κ3) is 5.82. The molecule has 7 nitrogen and oxygen atoms in total. The number of carbonyl (C=O) groups is 2. The SMILES string of the molecule is O=C(O)O.O=C1CSc2cc(F)c(CN[C@@H]3CCCC[C@@H]3F)nc2N1. The molecule has 1 amide bonds. The van der Waals surface area contributed by atoms with Gasteiger partial charge in [0.15, 0.2) is 0 Å². The Bertz CT molecular complexity index is 643. The molecule has 1 aliphatic heterocycles. The van der Waals surface area contributed by atoms with Gasteiger partial charge in [-0.1, -0.05) is 12.8 Å². The molecule has 0 saturated heterocycles. The van der Waals surface area contributed by atoms with Crippen LogP contribution in [0.5, 0.6) is 0 Å². The fourth-order valence-electron chi connectivity index (χ4n) is 2.69. The second-order valence-electron chi connectivity index (χ2n) is 5.67. The van der Waals surface area contributed by atoms with Crippen molar-refractivity contribution in [3.05, 3.63) is 17.6 Å². The maximum Gasteiger partial charge on any atom is 0.503 e. The topological polar surface area (TPSA) is 112 Å². The van der Waals surface area contributed by atoms with Gasteiger partial charge in [0.25, 0.3) is 0 Å². The molecule has 2 atom stereocenters. The number of carboxylic acid groups (broad SMARTS) is 2. The minimum atomic E-state index is -1.83. The summed E-state index contributed by atoms with van der Waals surface area (Å²) in [5.41, 5.74) is 0.217. The number of rotatable bonds is 3. The summed E-state index contributed by atoms with van der Waals surface area (Å²) < 4.78 is 27.7. The molecule has 25 heavy (non-hydrogen) atoms. The Balaban J connectivity index is 0.000000511. The van der Waals surface area contributed by atoms with Gasteiger partial charge in [-0.2, -0.15) is 0 Å². The Morgan fingerprint density at radius 2 is 2.08 bits per heavy atom. The maximum absolute atomic E-state index is 14.0. The average molecular weight is 375 g/mol. The lowest BCUT2D eigenvalue weighted by Gasteiger charge is -2.27. The number of carbonyl (C=O) groups excluding carboxylic acids is 1. The van der Waals surface area contributed by atoms with E-state index in [4.69, 9.17) is 15.0 Å². The number of alkyl halides is 1. The number of hydrogen-bond acceptors (Lipinski definition) is 5. The smallest absolute Gasteiger partial charge is 0.450 e. The second kappa shape index (κ2) is 8.95. The Morgan fingerprint density at radius 3 is 2.76 bits per heavy atom. The maximum atomic E-state index is 14.0. The fourth-order valence-corrected chi connectivity index (χ4v) is 3.47. The first-order valence-corrected chi connectivity index (χ1v) is 8.76. The largest absolute Gasteiger partial charge is 0.503 e. The van der Waals surface area contributed by atoms with E-state index in [1.807, 2.05) is 0 Å². The van der Waals surface area contributed by atoms with Gasteiger partial charge in [-0.25, -0.2) is 18.6 Å². The first-order valence-electron chi connectivity index (χ1n) is 7.78.